The van der Waals surface area contributed by atoms with Gasteiger partial charge in [-0.05, 0) is 72.6 Å². The zero-order valence-electron chi connectivity index (χ0n) is 20.5. The zero-order valence-corrected chi connectivity index (χ0v) is 21.3. The summed E-state index contributed by atoms with van der Waals surface area (Å²) in [4.78, 5) is 25.0. The fourth-order valence-corrected chi connectivity index (χ4v) is 5.08. The third-order valence-electron chi connectivity index (χ3n) is 5.51. The van der Waals surface area contributed by atoms with E-state index in [1.54, 1.807) is 97.9 Å². The van der Waals surface area contributed by atoms with Crippen molar-refractivity contribution < 1.29 is 22.7 Å². The number of anilines is 1. The zero-order chi connectivity index (χ0) is 27.0. The number of amides is 1. The van der Waals surface area contributed by atoms with Crippen LogP contribution in [0.5, 0.6) is 5.75 Å². The van der Waals surface area contributed by atoms with E-state index < -0.39 is 28.4 Å². The van der Waals surface area contributed by atoms with E-state index in [2.05, 4.69) is 10.5 Å². The first-order valence-electron chi connectivity index (χ1n) is 11.7. The predicted octanol–water partition coefficient (Wildman–Crippen LogP) is 4.56. The van der Waals surface area contributed by atoms with Crippen molar-refractivity contribution in [2.45, 2.75) is 11.8 Å². The molecule has 8 nitrogen and oxygen atoms in total. The van der Waals surface area contributed by atoms with E-state index in [0.29, 0.717) is 28.1 Å². The lowest BCUT2D eigenvalue weighted by Crippen LogP contribution is -2.40. The van der Waals surface area contributed by atoms with Gasteiger partial charge >= 0.3 is 5.97 Å². The molecule has 4 aromatic carbocycles. The van der Waals surface area contributed by atoms with E-state index in [-0.39, 0.29) is 4.90 Å². The van der Waals surface area contributed by atoms with E-state index in [0.717, 1.165) is 4.31 Å². The highest BCUT2D eigenvalue weighted by atomic mass is 32.2. The summed E-state index contributed by atoms with van der Waals surface area (Å²) in [6, 6.07) is 30.1. The second kappa shape index (κ2) is 12.0. The van der Waals surface area contributed by atoms with Crippen LogP contribution < -0.4 is 14.5 Å². The molecular weight excluding hydrogens is 502 g/mol. The predicted molar refractivity (Wildman–Crippen MR) is 146 cm³/mol. The summed E-state index contributed by atoms with van der Waals surface area (Å²) in [5.74, 6) is -0.722. The second-order valence-electron chi connectivity index (χ2n) is 8.23. The number of carbonyl (C=O) groups is 2. The van der Waals surface area contributed by atoms with Crippen molar-refractivity contribution in [3.63, 3.8) is 0 Å². The van der Waals surface area contributed by atoms with Crippen LogP contribution in [-0.4, -0.2) is 33.1 Å². The minimum absolute atomic E-state index is 0.0765. The first-order chi connectivity index (χ1) is 18.3. The number of sulfonamides is 1. The van der Waals surface area contributed by atoms with Crippen molar-refractivity contribution in [2.75, 3.05) is 10.8 Å². The molecule has 192 valence electrons. The van der Waals surface area contributed by atoms with Crippen molar-refractivity contribution >= 4 is 33.8 Å². The molecule has 1 amide bonds. The Morgan fingerprint density at radius 3 is 2.11 bits per heavy atom. The monoisotopic (exact) mass is 527 g/mol. The summed E-state index contributed by atoms with van der Waals surface area (Å²) in [7, 11) is -4.00. The van der Waals surface area contributed by atoms with Gasteiger partial charge in [0.15, 0.2) is 0 Å². The number of hydrogen-bond donors (Lipinski definition) is 1. The highest BCUT2D eigenvalue weighted by Crippen LogP contribution is 2.26. The van der Waals surface area contributed by atoms with Gasteiger partial charge in [0.1, 0.15) is 12.3 Å². The number of nitrogens with zero attached hydrogens (tertiary/aromatic N) is 2. The Labute approximate surface area is 221 Å². The van der Waals surface area contributed by atoms with Gasteiger partial charge in [-0.15, -0.1) is 0 Å². The number of benzene rings is 4. The standard InChI is InChI=1S/C29H25N3O5S/c1-22-10-8-9-15-27(22)32(38(35,36)26-13-6-3-7-14-26)21-28(33)31-30-20-23-16-18-25(19-17-23)37-29(34)24-11-4-2-5-12-24/h2-20H,21H2,1H3,(H,31,33)/b30-20-. The molecule has 0 atom stereocenters. The van der Waals surface area contributed by atoms with Gasteiger partial charge in [-0.3, -0.25) is 9.10 Å². The summed E-state index contributed by atoms with van der Waals surface area (Å²) in [6.07, 6.45) is 1.41. The Balaban J connectivity index is 1.42. The molecule has 0 saturated heterocycles. The molecule has 0 bridgehead atoms. The molecule has 0 unspecified atom stereocenters. The molecule has 0 aliphatic heterocycles. The summed E-state index contributed by atoms with van der Waals surface area (Å²) < 4.78 is 33.2. The molecule has 4 rings (SSSR count). The summed E-state index contributed by atoms with van der Waals surface area (Å²) in [5.41, 5.74) is 4.56. The van der Waals surface area contributed by atoms with Crippen LogP contribution in [0, 0.1) is 6.92 Å². The highest BCUT2D eigenvalue weighted by Gasteiger charge is 2.28. The van der Waals surface area contributed by atoms with Crippen LogP contribution in [0.2, 0.25) is 0 Å². The summed E-state index contributed by atoms with van der Waals surface area (Å²) in [6.45, 7) is 1.31. The molecule has 38 heavy (non-hydrogen) atoms. The molecule has 1 N–H and O–H groups in total. The molecule has 0 heterocycles. The number of ether oxygens (including phenoxy) is 1. The average Bonchev–Trinajstić information content (AvgIpc) is 2.94. The molecule has 0 saturated carbocycles. The number of carbonyl (C=O) groups excluding carboxylic acids is 2. The van der Waals surface area contributed by atoms with E-state index in [1.165, 1.54) is 18.3 Å². The van der Waals surface area contributed by atoms with Crippen LogP contribution in [0.1, 0.15) is 21.5 Å². The van der Waals surface area contributed by atoms with Gasteiger partial charge in [-0.25, -0.2) is 18.6 Å². The Morgan fingerprint density at radius 1 is 0.842 bits per heavy atom. The number of esters is 1. The highest BCUT2D eigenvalue weighted by molar-refractivity contribution is 7.92. The van der Waals surface area contributed by atoms with Crippen LogP contribution in [0.15, 0.2) is 119 Å². The quantitative estimate of drug-likeness (QED) is 0.149. The van der Waals surface area contributed by atoms with E-state index in [1.807, 2.05) is 6.07 Å². The minimum Gasteiger partial charge on any atom is -0.423 e. The van der Waals surface area contributed by atoms with Crippen LogP contribution in [0.3, 0.4) is 0 Å². The van der Waals surface area contributed by atoms with Gasteiger partial charge < -0.3 is 4.74 Å². The number of aryl methyl sites for hydroxylation is 1. The number of para-hydroxylation sites is 1. The molecule has 0 aliphatic rings. The van der Waals surface area contributed by atoms with E-state index in [4.69, 9.17) is 4.74 Å². The van der Waals surface area contributed by atoms with E-state index in [9.17, 15) is 18.0 Å². The Morgan fingerprint density at radius 2 is 1.45 bits per heavy atom. The maximum absolute atomic E-state index is 13.4. The van der Waals surface area contributed by atoms with Crippen molar-refractivity contribution in [2.24, 2.45) is 5.10 Å². The van der Waals surface area contributed by atoms with Crippen molar-refractivity contribution in [1.82, 2.24) is 5.43 Å². The van der Waals surface area contributed by atoms with Crippen LogP contribution >= 0.6 is 0 Å². The largest absolute Gasteiger partial charge is 0.423 e. The molecular formula is C29H25N3O5S. The molecule has 0 spiro atoms. The van der Waals surface area contributed by atoms with Crippen LogP contribution in [0.4, 0.5) is 5.69 Å². The second-order valence-corrected chi connectivity index (χ2v) is 10.1. The molecule has 0 aromatic heterocycles. The van der Waals surface area contributed by atoms with Gasteiger partial charge in [0, 0.05) is 0 Å². The van der Waals surface area contributed by atoms with Crippen molar-refractivity contribution in [1.29, 1.82) is 0 Å². The Bertz CT molecular complexity index is 1540. The Hall–Kier alpha value is -4.76. The molecule has 0 fully saturated rings. The SMILES string of the molecule is Cc1ccccc1N(CC(=O)N/N=C\c1ccc(OC(=O)c2ccccc2)cc1)S(=O)(=O)c1ccccc1. The van der Waals surface area contributed by atoms with Gasteiger partial charge in [-0.1, -0.05) is 54.6 Å². The number of hydrazone groups is 1. The fraction of sp³-hybridized carbons (Fsp3) is 0.0690. The third-order valence-corrected chi connectivity index (χ3v) is 7.28. The maximum atomic E-state index is 13.4. The number of rotatable bonds is 9. The third kappa shape index (κ3) is 6.51. The lowest BCUT2D eigenvalue weighted by atomic mass is 10.2. The Kier molecular flexibility index (Phi) is 8.30. The average molecular weight is 528 g/mol. The first kappa shape index (κ1) is 26.3. The van der Waals surface area contributed by atoms with Crippen LogP contribution in [-0.2, 0) is 14.8 Å². The normalized spacial score (nSPS) is 11.2. The van der Waals surface area contributed by atoms with Gasteiger partial charge in [0.05, 0.1) is 22.4 Å². The summed E-state index contributed by atoms with van der Waals surface area (Å²) in [5, 5.41) is 3.95. The molecule has 9 heteroatoms. The smallest absolute Gasteiger partial charge is 0.343 e. The van der Waals surface area contributed by atoms with Gasteiger partial charge in [0.25, 0.3) is 15.9 Å². The maximum Gasteiger partial charge on any atom is 0.343 e. The van der Waals surface area contributed by atoms with Gasteiger partial charge in [-0.2, -0.15) is 5.10 Å². The lowest BCUT2D eigenvalue weighted by molar-refractivity contribution is -0.119. The molecule has 0 aliphatic carbocycles. The number of hydrogen-bond acceptors (Lipinski definition) is 6. The first-order valence-corrected chi connectivity index (χ1v) is 13.1. The number of nitrogens with one attached hydrogen (secondary N) is 1. The molecule has 4 aromatic rings. The van der Waals surface area contributed by atoms with Crippen molar-refractivity contribution in [3.05, 3.63) is 126 Å². The van der Waals surface area contributed by atoms with Crippen LogP contribution in [0.25, 0.3) is 0 Å². The van der Waals surface area contributed by atoms with Crippen molar-refractivity contribution in [3.8, 4) is 5.75 Å². The lowest BCUT2D eigenvalue weighted by Gasteiger charge is -2.25. The topological polar surface area (TPSA) is 105 Å². The fourth-order valence-electron chi connectivity index (χ4n) is 3.57. The molecule has 0 radical (unpaired) electrons. The summed E-state index contributed by atoms with van der Waals surface area (Å²) >= 11 is 0. The van der Waals surface area contributed by atoms with E-state index >= 15 is 0 Å². The minimum atomic E-state index is -4.00. The van der Waals surface area contributed by atoms with Gasteiger partial charge in [0.2, 0.25) is 0 Å².